The van der Waals surface area contributed by atoms with E-state index >= 15 is 0 Å². The number of methoxy groups -OCH3 is 1. The summed E-state index contributed by atoms with van der Waals surface area (Å²) in [5.41, 5.74) is 0. The summed E-state index contributed by atoms with van der Waals surface area (Å²) in [6.07, 6.45) is -15.7. The topological polar surface area (TPSA) is 264 Å². The summed E-state index contributed by atoms with van der Waals surface area (Å²) in [4.78, 5) is 11.1. The largest absolute Gasteiger partial charge is 0.469 e. The van der Waals surface area contributed by atoms with Gasteiger partial charge in [-0.15, -0.1) is 0 Å². The smallest absolute Gasteiger partial charge is 0.305 e. The molecule has 3 fully saturated rings. The zero-order valence-corrected chi connectivity index (χ0v) is 25.4. The first-order valence-electron chi connectivity index (χ1n) is 15.4. The molecule has 14 atom stereocenters. The average Bonchev–Trinajstić information content (AvgIpc) is 3.04. The second-order valence-corrected chi connectivity index (χ2v) is 11.5. The van der Waals surface area contributed by atoms with Crippen molar-refractivity contribution < 1.29 is 83.9 Å². The number of aliphatic hydroxyl groups excluding tert-OH is 9. The van der Waals surface area contributed by atoms with Crippen molar-refractivity contribution >= 4 is 5.97 Å². The van der Waals surface area contributed by atoms with Crippen LogP contribution in [-0.4, -0.2) is 171 Å². The molecule has 264 valence electrons. The van der Waals surface area contributed by atoms with Gasteiger partial charge in [0.05, 0.1) is 39.1 Å². The van der Waals surface area contributed by atoms with E-state index in [1.165, 1.54) is 7.11 Å². The fourth-order valence-corrected chi connectivity index (χ4v) is 5.52. The Morgan fingerprint density at radius 1 is 0.644 bits per heavy atom. The molecule has 0 bridgehead atoms. The Hall–Kier alpha value is -1.13. The number of aliphatic hydroxyl groups is 9. The highest BCUT2D eigenvalue weighted by atomic mass is 16.8. The third-order valence-corrected chi connectivity index (χ3v) is 8.22. The molecular weight excluding hydrogens is 608 g/mol. The second kappa shape index (κ2) is 19.0. The molecule has 17 nitrogen and oxygen atoms in total. The van der Waals surface area contributed by atoms with Crippen LogP contribution in [0.15, 0.2) is 0 Å². The third kappa shape index (κ3) is 10.4. The Morgan fingerprint density at radius 3 is 1.89 bits per heavy atom. The second-order valence-electron chi connectivity index (χ2n) is 11.5. The predicted octanol–water partition coefficient (Wildman–Crippen LogP) is -3.62. The summed E-state index contributed by atoms with van der Waals surface area (Å²) in [5, 5.41) is 92.9. The van der Waals surface area contributed by atoms with Crippen molar-refractivity contribution in [3.05, 3.63) is 0 Å². The Kier molecular flexibility index (Phi) is 16.2. The molecule has 0 aromatic carbocycles. The number of carbonyl (C=O) groups is 1. The lowest BCUT2D eigenvalue weighted by Crippen LogP contribution is -2.66. The Balaban J connectivity index is 1.54. The van der Waals surface area contributed by atoms with E-state index in [2.05, 4.69) is 4.74 Å². The monoisotopic (exact) mass is 658 g/mol. The van der Waals surface area contributed by atoms with E-state index < -0.39 is 106 Å². The first-order chi connectivity index (χ1) is 21.6. The van der Waals surface area contributed by atoms with E-state index in [-0.39, 0.29) is 19.0 Å². The van der Waals surface area contributed by atoms with E-state index in [1.54, 1.807) is 0 Å². The van der Waals surface area contributed by atoms with Crippen molar-refractivity contribution in [1.29, 1.82) is 0 Å². The van der Waals surface area contributed by atoms with E-state index in [1.807, 2.05) is 0 Å². The normalized spacial score (nSPS) is 40.8. The van der Waals surface area contributed by atoms with Crippen molar-refractivity contribution in [3.63, 3.8) is 0 Å². The summed E-state index contributed by atoms with van der Waals surface area (Å²) in [6.45, 7) is -1.75. The minimum atomic E-state index is -1.83. The van der Waals surface area contributed by atoms with Crippen LogP contribution >= 0.6 is 0 Å². The zero-order valence-electron chi connectivity index (χ0n) is 25.4. The fraction of sp³-hybridized carbons (Fsp3) is 0.964. The van der Waals surface area contributed by atoms with Crippen LogP contribution in [0.5, 0.6) is 0 Å². The number of rotatable bonds is 17. The van der Waals surface area contributed by atoms with Gasteiger partial charge in [0.15, 0.2) is 18.9 Å². The van der Waals surface area contributed by atoms with Crippen LogP contribution in [0.3, 0.4) is 0 Å². The highest BCUT2D eigenvalue weighted by Gasteiger charge is 2.52. The molecule has 3 aliphatic heterocycles. The van der Waals surface area contributed by atoms with Crippen LogP contribution in [0.1, 0.15) is 51.4 Å². The van der Waals surface area contributed by atoms with Gasteiger partial charge in [-0.2, -0.15) is 0 Å². The van der Waals surface area contributed by atoms with Crippen molar-refractivity contribution in [2.24, 2.45) is 0 Å². The van der Waals surface area contributed by atoms with Crippen LogP contribution in [0.25, 0.3) is 0 Å². The van der Waals surface area contributed by atoms with Crippen LogP contribution in [0.2, 0.25) is 0 Å². The van der Waals surface area contributed by atoms with Gasteiger partial charge in [0.25, 0.3) is 0 Å². The van der Waals surface area contributed by atoms with Crippen LogP contribution < -0.4 is 0 Å². The number of unbranched alkanes of at least 4 members (excludes halogenated alkanes) is 5. The first-order valence-corrected chi connectivity index (χ1v) is 15.4. The summed E-state index contributed by atoms with van der Waals surface area (Å²) < 4.78 is 38.1. The molecule has 3 heterocycles. The molecule has 0 radical (unpaired) electrons. The molecule has 0 aromatic heterocycles. The van der Waals surface area contributed by atoms with Gasteiger partial charge >= 0.3 is 5.97 Å². The molecule has 0 aliphatic carbocycles. The maximum atomic E-state index is 11.1. The Bertz CT molecular complexity index is 850. The minimum absolute atomic E-state index is 0.0870. The van der Waals surface area contributed by atoms with Gasteiger partial charge in [-0.25, -0.2) is 0 Å². The molecule has 0 amide bonds. The van der Waals surface area contributed by atoms with Crippen LogP contribution in [-0.2, 0) is 38.0 Å². The van der Waals surface area contributed by atoms with Gasteiger partial charge in [0, 0.05) is 19.4 Å². The predicted molar refractivity (Wildman–Crippen MR) is 148 cm³/mol. The average molecular weight is 659 g/mol. The van der Waals surface area contributed by atoms with Gasteiger partial charge in [0.1, 0.15) is 54.9 Å². The van der Waals surface area contributed by atoms with Gasteiger partial charge in [-0.05, 0) is 12.8 Å². The number of hydrogen-bond acceptors (Lipinski definition) is 17. The SMILES string of the molecule is COC(=O)CCCCCCCCO[C@@H]1O[C@H](CO)[C@@H](O[C@@H]2O[C@H](CO)[C@H](O)[C@H](O[C@H]3O[C@H](CO)C[C@H](O)[C@H]3O)[C@H]2O)[C@H](O)[C@H]1O. The molecule has 9 N–H and O–H groups in total. The summed E-state index contributed by atoms with van der Waals surface area (Å²) in [7, 11) is 1.36. The van der Waals surface area contributed by atoms with Crippen molar-refractivity contribution in [1.82, 2.24) is 0 Å². The highest BCUT2D eigenvalue weighted by molar-refractivity contribution is 5.68. The quantitative estimate of drug-likeness (QED) is 0.0539. The van der Waals surface area contributed by atoms with Gasteiger partial charge in [-0.3, -0.25) is 4.79 Å². The van der Waals surface area contributed by atoms with Gasteiger partial charge in [-0.1, -0.05) is 25.7 Å². The Labute approximate surface area is 261 Å². The fourth-order valence-electron chi connectivity index (χ4n) is 5.52. The third-order valence-electron chi connectivity index (χ3n) is 8.22. The summed E-state index contributed by atoms with van der Waals surface area (Å²) in [5.74, 6) is -0.233. The maximum Gasteiger partial charge on any atom is 0.305 e. The van der Waals surface area contributed by atoms with E-state index in [0.717, 1.165) is 32.1 Å². The van der Waals surface area contributed by atoms with E-state index in [9.17, 15) is 50.8 Å². The molecule has 3 saturated heterocycles. The molecule has 45 heavy (non-hydrogen) atoms. The van der Waals surface area contributed by atoms with Crippen LogP contribution in [0.4, 0.5) is 0 Å². The summed E-state index contributed by atoms with van der Waals surface area (Å²) >= 11 is 0. The van der Waals surface area contributed by atoms with Crippen LogP contribution in [0, 0.1) is 0 Å². The Morgan fingerprint density at radius 2 is 1.24 bits per heavy atom. The standard InChI is InChI=1S/C28H50O17/c1-39-18(33)8-6-4-2-3-5-7-9-40-26-22(37)21(36)24(17(13-31)43-26)44-28-23(38)25(20(35)16(12-30)42-28)45-27-19(34)15(32)10-14(11-29)41-27/h14-17,19-32,34-38H,2-13H2,1H3/t14-,15-,16+,17+,19+,20-,21+,22+,23+,24+,25-,26+,27+,28-/m0/s1. The number of ether oxygens (including phenoxy) is 7. The lowest BCUT2D eigenvalue weighted by Gasteiger charge is -2.47. The number of carbonyl (C=O) groups excluding carboxylic acids is 1. The lowest BCUT2D eigenvalue weighted by atomic mass is 9.96. The zero-order chi connectivity index (χ0) is 33.1. The molecule has 0 saturated carbocycles. The highest BCUT2D eigenvalue weighted by Crippen LogP contribution is 2.32. The van der Waals surface area contributed by atoms with Crippen molar-refractivity contribution in [2.75, 3.05) is 33.5 Å². The molecule has 0 aromatic rings. The molecular formula is C28H50O17. The minimum Gasteiger partial charge on any atom is -0.469 e. The maximum absolute atomic E-state index is 11.1. The molecule has 17 heteroatoms. The molecule has 3 aliphatic rings. The van der Waals surface area contributed by atoms with E-state index in [0.29, 0.717) is 12.8 Å². The number of hydrogen-bond donors (Lipinski definition) is 9. The molecule has 0 unspecified atom stereocenters. The van der Waals surface area contributed by atoms with Gasteiger partial charge in [0.2, 0.25) is 0 Å². The van der Waals surface area contributed by atoms with Gasteiger partial charge < -0.3 is 79.1 Å². The molecule has 3 rings (SSSR count). The lowest BCUT2D eigenvalue weighted by molar-refractivity contribution is -0.376. The van der Waals surface area contributed by atoms with E-state index in [4.69, 9.17) is 28.4 Å². The molecule has 0 spiro atoms. The first kappa shape index (κ1) is 38.3. The summed E-state index contributed by atoms with van der Waals surface area (Å²) in [6, 6.07) is 0. The van der Waals surface area contributed by atoms with Crippen molar-refractivity contribution in [2.45, 2.75) is 137 Å². The van der Waals surface area contributed by atoms with Crippen molar-refractivity contribution in [3.8, 4) is 0 Å². The number of esters is 1.